The molecule has 0 aliphatic carbocycles. The molecule has 9 nitrogen and oxygen atoms in total. The van der Waals surface area contributed by atoms with Crippen LogP contribution in [0.3, 0.4) is 0 Å². The van der Waals surface area contributed by atoms with Crippen LogP contribution in [0.5, 0.6) is 11.5 Å². The molecule has 3 N–H and O–H groups in total. The van der Waals surface area contributed by atoms with Crippen molar-refractivity contribution in [2.24, 2.45) is 5.10 Å². The predicted molar refractivity (Wildman–Crippen MR) is 176 cm³/mol. The number of para-hydroxylation sites is 1. The fraction of sp³-hybridized carbons (Fsp3) is 0.200. The maximum Gasteiger partial charge on any atom is 0.338 e. The fourth-order valence-electron chi connectivity index (χ4n) is 4.19. The molecule has 0 unspecified atom stereocenters. The maximum atomic E-state index is 12.7. The van der Waals surface area contributed by atoms with Crippen LogP contribution in [0.4, 0.5) is 0 Å². The van der Waals surface area contributed by atoms with Gasteiger partial charge in [0.15, 0.2) is 11.7 Å². The zero-order valence-corrected chi connectivity index (χ0v) is 27.8. The van der Waals surface area contributed by atoms with Crippen molar-refractivity contribution in [3.05, 3.63) is 103 Å². The van der Waals surface area contributed by atoms with Crippen molar-refractivity contribution in [3.8, 4) is 11.5 Å². The molecule has 0 saturated carbocycles. The van der Waals surface area contributed by atoms with E-state index in [1.165, 1.54) is 6.21 Å². The zero-order valence-electron chi connectivity index (χ0n) is 23.1. The number of ether oxygens (including phenoxy) is 3. The van der Waals surface area contributed by atoms with Gasteiger partial charge in [0.05, 0.1) is 33.4 Å². The summed E-state index contributed by atoms with van der Waals surface area (Å²) in [6.45, 7) is 3.73. The number of amides is 1. The lowest BCUT2D eigenvalue weighted by molar-refractivity contribution is -0.139. The summed E-state index contributed by atoms with van der Waals surface area (Å²) in [5.41, 5.74) is 5.68. The number of rotatable bonds is 11. The van der Waals surface area contributed by atoms with Crippen LogP contribution in [0.2, 0.25) is 5.02 Å². The molecule has 1 atom stereocenters. The summed E-state index contributed by atoms with van der Waals surface area (Å²) < 4.78 is 18.4. The van der Waals surface area contributed by atoms with E-state index in [0.717, 1.165) is 5.56 Å². The number of carbonyl (C=O) groups excluding carboxylic acids is 2. The van der Waals surface area contributed by atoms with Gasteiger partial charge in [-0.1, -0.05) is 41.9 Å². The van der Waals surface area contributed by atoms with Gasteiger partial charge in [0.1, 0.15) is 18.1 Å². The standard InChI is InChI=1S/C30H27Br2ClN4O5S/c1-3-40-29(39)26-17(2)35-30(43)36-27(26)21-9-4-5-10-24(21)41-16-25(38)37-34-14-19-12-22(31)28(23(32)13-19)42-15-18-7-6-8-20(33)11-18/h4-14,27H,3,15-16H2,1-2H3,(H,37,38)(H2,35,36,43)/t27-/m1/s1. The third-order valence-electron chi connectivity index (χ3n) is 6.05. The smallest absolute Gasteiger partial charge is 0.338 e. The largest absolute Gasteiger partial charge is 0.487 e. The molecule has 3 aromatic carbocycles. The molecule has 4 rings (SSSR count). The van der Waals surface area contributed by atoms with Crippen molar-refractivity contribution in [2.75, 3.05) is 13.2 Å². The minimum Gasteiger partial charge on any atom is -0.487 e. The zero-order chi connectivity index (χ0) is 30.9. The summed E-state index contributed by atoms with van der Waals surface area (Å²) >= 11 is 18.4. The van der Waals surface area contributed by atoms with E-state index in [1.807, 2.05) is 30.3 Å². The molecule has 0 radical (unpaired) electrons. The van der Waals surface area contributed by atoms with Gasteiger partial charge in [-0.2, -0.15) is 5.10 Å². The first-order chi connectivity index (χ1) is 20.7. The van der Waals surface area contributed by atoms with Crippen LogP contribution < -0.4 is 25.5 Å². The van der Waals surface area contributed by atoms with Gasteiger partial charge in [0.2, 0.25) is 0 Å². The van der Waals surface area contributed by atoms with Gasteiger partial charge in [-0.25, -0.2) is 10.2 Å². The Morgan fingerprint density at radius 2 is 1.84 bits per heavy atom. The molecule has 0 spiro atoms. The van der Waals surface area contributed by atoms with Gasteiger partial charge < -0.3 is 24.8 Å². The van der Waals surface area contributed by atoms with Crippen LogP contribution in [-0.4, -0.2) is 36.4 Å². The van der Waals surface area contributed by atoms with Gasteiger partial charge in [0, 0.05) is 16.3 Å². The van der Waals surface area contributed by atoms with Crippen LogP contribution in [0.1, 0.15) is 36.6 Å². The molecule has 0 fully saturated rings. The number of esters is 1. The van der Waals surface area contributed by atoms with Crippen LogP contribution >= 0.6 is 55.7 Å². The second kappa shape index (κ2) is 15.3. The summed E-state index contributed by atoms with van der Waals surface area (Å²) in [6.07, 6.45) is 1.50. The molecule has 13 heteroatoms. The SMILES string of the molecule is CCOC(=O)C1=C(C)NC(=S)N[C@@H]1c1ccccc1OCC(=O)NN=Cc1cc(Br)c(OCc2cccc(Cl)c2)c(Br)c1. The summed E-state index contributed by atoms with van der Waals surface area (Å²) in [5.74, 6) is 0.0678. The highest BCUT2D eigenvalue weighted by Crippen LogP contribution is 2.35. The van der Waals surface area contributed by atoms with Gasteiger partial charge in [-0.05, 0) is 99.4 Å². The third-order valence-corrected chi connectivity index (χ3v) is 7.68. The first-order valence-corrected chi connectivity index (χ1v) is 15.4. The van der Waals surface area contributed by atoms with E-state index in [2.05, 4.69) is 53.0 Å². The number of hydrogen-bond donors (Lipinski definition) is 3. The number of carbonyl (C=O) groups is 2. The minimum absolute atomic E-state index is 0.224. The monoisotopic (exact) mass is 748 g/mol. The number of hydrogen-bond acceptors (Lipinski definition) is 7. The number of benzene rings is 3. The summed E-state index contributed by atoms with van der Waals surface area (Å²) in [4.78, 5) is 25.3. The van der Waals surface area contributed by atoms with Crippen molar-refractivity contribution >= 4 is 78.9 Å². The van der Waals surface area contributed by atoms with Crippen molar-refractivity contribution in [1.29, 1.82) is 0 Å². The summed E-state index contributed by atoms with van der Waals surface area (Å²) in [6, 6.07) is 17.5. The van der Waals surface area contributed by atoms with Crippen molar-refractivity contribution in [1.82, 2.24) is 16.1 Å². The molecule has 43 heavy (non-hydrogen) atoms. The van der Waals surface area contributed by atoms with Gasteiger partial charge in [-0.3, -0.25) is 4.79 Å². The van der Waals surface area contributed by atoms with Crippen LogP contribution in [0.15, 0.2) is 86.0 Å². The van der Waals surface area contributed by atoms with Crippen molar-refractivity contribution in [3.63, 3.8) is 0 Å². The average molecular weight is 751 g/mol. The molecule has 1 aliphatic rings. The molecule has 0 saturated heterocycles. The minimum atomic E-state index is -0.626. The normalized spacial score (nSPS) is 14.6. The molecule has 1 aliphatic heterocycles. The van der Waals surface area contributed by atoms with Gasteiger partial charge in [-0.15, -0.1) is 0 Å². The Hall–Kier alpha value is -3.45. The third kappa shape index (κ3) is 8.79. The Morgan fingerprint density at radius 1 is 1.09 bits per heavy atom. The second-order valence-corrected chi connectivity index (χ2v) is 11.7. The van der Waals surface area contributed by atoms with E-state index < -0.39 is 17.9 Å². The number of nitrogens with zero attached hydrogens (tertiary/aromatic N) is 1. The highest BCUT2D eigenvalue weighted by atomic mass is 79.9. The van der Waals surface area contributed by atoms with Crippen molar-refractivity contribution < 1.29 is 23.8 Å². The fourth-order valence-corrected chi connectivity index (χ4v) is 6.12. The summed E-state index contributed by atoms with van der Waals surface area (Å²) in [7, 11) is 0. The number of thiocarbonyl (C=S) groups is 1. The predicted octanol–water partition coefficient (Wildman–Crippen LogP) is 6.33. The first-order valence-electron chi connectivity index (χ1n) is 13.0. The molecule has 0 bridgehead atoms. The van der Waals surface area contributed by atoms with E-state index in [9.17, 15) is 9.59 Å². The Morgan fingerprint density at radius 3 is 2.56 bits per heavy atom. The molecule has 0 aromatic heterocycles. The topological polar surface area (TPSA) is 110 Å². The van der Waals surface area contributed by atoms with Gasteiger partial charge in [0.25, 0.3) is 5.91 Å². The number of halogens is 3. The van der Waals surface area contributed by atoms with E-state index in [0.29, 0.717) is 59.6 Å². The quantitative estimate of drug-likeness (QED) is 0.0904. The highest BCUT2D eigenvalue weighted by Gasteiger charge is 2.32. The van der Waals surface area contributed by atoms with Gasteiger partial charge >= 0.3 is 5.97 Å². The van der Waals surface area contributed by atoms with E-state index in [-0.39, 0.29) is 13.2 Å². The molecular weight excluding hydrogens is 724 g/mol. The Balaban J connectivity index is 1.38. The lowest BCUT2D eigenvalue weighted by Crippen LogP contribution is -2.45. The number of hydrazone groups is 1. The second-order valence-electron chi connectivity index (χ2n) is 9.14. The first kappa shape index (κ1) is 32.5. The molecular formula is C30H27Br2ClN4O5S. The number of nitrogens with one attached hydrogen (secondary N) is 3. The maximum absolute atomic E-state index is 12.7. The highest BCUT2D eigenvalue weighted by molar-refractivity contribution is 9.11. The molecule has 1 amide bonds. The van der Waals surface area contributed by atoms with Crippen molar-refractivity contribution in [2.45, 2.75) is 26.5 Å². The Labute approximate surface area is 276 Å². The van der Waals surface area contributed by atoms with Crippen LogP contribution in [0.25, 0.3) is 0 Å². The Kier molecular flexibility index (Phi) is 11.6. The lowest BCUT2D eigenvalue weighted by Gasteiger charge is -2.30. The van der Waals surface area contributed by atoms with Crippen LogP contribution in [-0.2, 0) is 20.9 Å². The average Bonchev–Trinajstić information content (AvgIpc) is 2.95. The van der Waals surface area contributed by atoms with Crippen LogP contribution in [0, 0.1) is 0 Å². The van der Waals surface area contributed by atoms with E-state index >= 15 is 0 Å². The number of allylic oxidation sites excluding steroid dienone is 1. The molecule has 3 aromatic rings. The Bertz CT molecular complexity index is 1580. The lowest BCUT2D eigenvalue weighted by atomic mass is 9.95. The molecule has 1 heterocycles. The molecule has 224 valence electrons. The van der Waals surface area contributed by atoms with E-state index in [4.69, 9.17) is 38.0 Å². The summed E-state index contributed by atoms with van der Waals surface area (Å²) in [5, 5.41) is 11.1. The van der Waals surface area contributed by atoms with E-state index in [1.54, 1.807) is 44.2 Å².